The number of nitrogens with zero attached hydrogens (tertiary/aromatic N) is 6. The number of aromatic nitrogens is 2. The largest absolute Gasteiger partial charge is 0.462 e. The normalized spacial score (nSPS) is 25.2. The third-order valence-electron chi connectivity index (χ3n) is 9.78. The van der Waals surface area contributed by atoms with E-state index < -0.39 is 58.7 Å². The van der Waals surface area contributed by atoms with Crippen molar-refractivity contribution >= 4 is 17.4 Å². The Hall–Kier alpha value is -3.80. The van der Waals surface area contributed by atoms with Crippen LogP contribution in [-0.2, 0) is 23.8 Å². The predicted octanol–water partition coefficient (Wildman–Crippen LogP) is 5.14. The Morgan fingerprint density at radius 1 is 1.15 bits per heavy atom. The number of hydrogen-bond donors (Lipinski definition) is 1. The van der Waals surface area contributed by atoms with Crippen LogP contribution in [0.2, 0.25) is 0 Å². The molecule has 1 aliphatic carbocycles. The van der Waals surface area contributed by atoms with Gasteiger partial charge in [-0.1, -0.05) is 6.92 Å². The Kier molecular flexibility index (Phi) is 9.80. The second-order valence-corrected chi connectivity index (χ2v) is 13.8. The number of likely N-dealkylation sites (tertiary alicyclic amines) is 1. The maximum absolute atomic E-state index is 15.6. The number of benzene rings is 1. The Balaban J connectivity index is 1.56. The molecule has 5 atom stereocenters. The van der Waals surface area contributed by atoms with Crippen LogP contribution in [0.5, 0.6) is 6.01 Å². The summed E-state index contributed by atoms with van der Waals surface area (Å²) in [6.07, 6.45) is -5.55. The molecule has 2 fully saturated rings. The van der Waals surface area contributed by atoms with Gasteiger partial charge in [-0.15, -0.1) is 0 Å². The lowest BCUT2D eigenvalue weighted by Crippen LogP contribution is -2.58. The van der Waals surface area contributed by atoms with E-state index in [4.69, 9.17) is 15.5 Å². The van der Waals surface area contributed by atoms with Crippen molar-refractivity contribution in [3.05, 3.63) is 39.8 Å². The molecule has 0 bridgehead atoms. The standard InChI is InChI=1S/C33H41F6N7O2/c1-17-10-23-25(13-22(17)26-27(33(37,38)39)18(2)11-24(41)28(26)35)42-31(48-16-21-12-19(34)14-44(21)5)43-29(23)45-8-9-46(20(15-45)6-7-40)30(47)32(3,4)36/h11,17,19-22H,6,8-10,12-16,41H2,1-5H3/t17-,19-,20+,21+,22-/m1/s1. The maximum atomic E-state index is 15.6. The maximum Gasteiger partial charge on any atom is 0.417 e. The van der Waals surface area contributed by atoms with Crippen LogP contribution in [-0.4, -0.2) is 89.4 Å². The number of nitriles is 1. The van der Waals surface area contributed by atoms with Crippen molar-refractivity contribution in [2.24, 2.45) is 5.92 Å². The van der Waals surface area contributed by atoms with Crippen LogP contribution >= 0.6 is 0 Å². The molecule has 1 aromatic heterocycles. The van der Waals surface area contributed by atoms with Gasteiger partial charge in [-0.05, 0) is 70.5 Å². The molecule has 2 N–H and O–H groups in total. The summed E-state index contributed by atoms with van der Waals surface area (Å²) in [5.41, 5.74) is 2.58. The van der Waals surface area contributed by atoms with Gasteiger partial charge in [-0.2, -0.15) is 28.4 Å². The molecule has 15 heteroatoms. The van der Waals surface area contributed by atoms with E-state index in [0.717, 1.165) is 19.9 Å². The molecule has 0 radical (unpaired) electrons. The molecular weight excluding hydrogens is 640 g/mol. The van der Waals surface area contributed by atoms with Crippen LogP contribution in [0.3, 0.4) is 0 Å². The van der Waals surface area contributed by atoms with Gasteiger partial charge in [0.2, 0.25) is 0 Å². The van der Waals surface area contributed by atoms with Crippen molar-refractivity contribution in [1.82, 2.24) is 19.8 Å². The molecular formula is C33H41F6N7O2. The number of hydrogen-bond acceptors (Lipinski definition) is 8. The van der Waals surface area contributed by atoms with E-state index in [1.807, 2.05) is 9.80 Å². The first-order valence-electron chi connectivity index (χ1n) is 16.0. The summed E-state index contributed by atoms with van der Waals surface area (Å²) >= 11 is 0. The first kappa shape index (κ1) is 35.5. The van der Waals surface area contributed by atoms with Crippen molar-refractivity contribution in [3.63, 3.8) is 0 Å². The minimum atomic E-state index is -4.83. The predicted molar refractivity (Wildman–Crippen MR) is 166 cm³/mol. The minimum absolute atomic E-state index is 0.0567. The summed E-state index contributed by atoms with van der Waals surface area (Å²) in [5.74, 6) is -2.87. The fourth-order valence-electron chi connectivity index (χ4n) is 7.34. The number of carbonyl (C=O) groups is 1. The van der Waals surface area contributed by atoms with Crippen LogP contribution in [0.4, 0.5) is 37.8 Å². The van der Waals surface area contributed by atoms with Crippen LogP contribution in [0, 0.1) is 30.0 Å². The van der Waals surface area contributed by atoms with Crippen LogP contribution < -0.4 is 15.4 Å². The molecule has 1 amide bonds. The fourth-order valence-corrected chi connectivity index (χ4v) is 7.34. The van der Waals surface area contributed by atoms with Crippen LogP contribution in [0.15, 0.2) is 6.07 Å². The number of nitrogen functional groups attached to an aromatic ring is 1. The molecule has 0 unspecified atom stereocenters. The van der Waals surface area contributed by atoms with Gasteiger partial charge in [0, 0.05) is 43.3 Å². The van der Waals surface area contributed by atoms with Crippen molar-refractivity contribution in [2.45, 2.75) is 89.4 Å². The molecule has 3 heterocycles. The first-order chi connectivity index (χ1) is 22.4. The van der Waals surface area contributed by atoms with Crippen molar-refractivity contribution in [2.75, 3.05) is 50.5 Å². The molecule has 3 aliphatic rings. The molecule has 48 heavy (non-hydrogen) atoms. The number of piperazine rings is 1. The Bertz CT molecular complexity index is 1590. The summed E-state index contributed by atoms with van der Waals surface area (Å²) in [4.78, 5) is 27.3. The van der Waals surface area contributed by atoms with Gasteiger partial charge in [-0.25, -0.2) is 13.2 Å². The Morgan fingerprint density at radius 2 is 1.85 bits per heavy atom. The number of aryl methyl sites for hydroxylation is 1. The molecule has 1 aromatic carbocycles. The van der Waals surface area contributed by atoms with Gasteiger partial charge in [0.15, 0.2) is 5.67 Å². The summed E-state index contributed by atoms with van der Waals surface area (Å²) in [5, 5.41) is 9.54. The topological polar surface area (TPSA) is 112 Å². The number of amides is 1. The zero-order valence-electron chi connectivity index (χ0n) is 27.7. The smallest absolute Gasteiger partial charge is 0.417 e. The third kappa shape index (κ3) is 6.99. The lowest BCUT2D eigenvalue weighted by atomic mass is 9.73. The van der Waals surface area contributed by atoms with Gasteiger partial charge in [-0.3, -0.25) is 9.69 Å². The van der Waals surface area contributed by atoms with Gasteiger partial charge in [0.05, 0.1) is 35.5 Å². The monoisotopic (exact) mass is 681 g/mol. The SMILES string of the molecule is Cc1cc(N)c(F)c([C@@H]2Cc3nc(OC[C@@H]4C[C@@H](F)CN4C)nc(N4CCN(C(=O)C(C)(C)F)[C@@H](CC#N)C4)c3C[C@H]2C)c1C(F)(F)F. The Morgan fingerprint density at radius 3 is 2.46 bits per heavy atom. The second-order valence-electron chi connectivity index (χ2n) is 13.8. The highest BCUT2D eigenvalue weighted by atomic mass is 19.4. The van der Waals surface area contributed by atoms with E-state index in [9.17, 15) is 32.0 Å². The van der Waals surface area contributed by atoms with Gasteiger partial charge >= 0.3 is 12.2 Å². The second kappa shape index (κ2) is 13.2. The summed E-state index contributed by atoms with van der Waals surface area (Å²) in [6, 6.07) is 2.06. The van der Waals surface area contributed by atoms with E-state index in [-0.39, 0.29) is 81.8 Å². The molecule has 2 saturated heterocycles. The number of nitrogens with two attached hydrogens (primary N) is 1. The van der Waals surface area contributed by atoms with E-state index >= 15 is 4.39 Å². The van der Waals surface area contributed by atoms with E-state index in [0.29, 0.717) is 17.1 Å². The fraction of sp³-hybridized carbons (Fsp3) is 0.636. The third-order valence-corrected chi connectivity index (χ3v) is 9.78. The number of carbonyl (C=O) groups excluding carboxylic acids is 1. The average Bonchev–Trinajstić information content (AvgIpc) is 3.32. The number of alkyl halides is 5. The summed E-state index contributed by atoms with van der Waals surface area (Å²) in [7, 11) is 1.77. The zero-order chi connectivity index (χ0) is 35.3. The number of likely N-dealkylation sites (N-methyl/N-ethyl adjacent to an activating group) is 1. The number of halogens is 6. The first-order valence-corrected chi connectivity index (χ1v) is 16.0. The lowest BCUT2D eigenvalue weighted by Gasteiger charge is -2.43. The van der Waals surface area contributed by atoms with Gasteiger partial charge in [0.25, 0.3) is 5.91 Å². The van der Waals surface area contributed by atoms with Gasteiger partial charge < -0.3 is 20.3 Å². The highest BCUT2D eigenvalue weighted by molar-refractivity contribution is 5.85. The molecule has 0 saturated carbocycles. The van der Waals surface area contributed by atoms with E-state index in [1.165, 1.54) is 11.8 Å². The average molecular weight is 682 g/mol. The minimum Gasteiger partial charge on any atom is -0.462 e. The molecule has 0 spiro atoms. The molecule has 9 nitrogen and oxygen atoms in total. The van der Waals surface area contributed by atoms with E-state index in [1.54, 1.807) is 14.0 Å². The van der Waals surface area contributed by atoms with E-state index in [2.05, 4.69) is 11.1 Å². The van der Waals surface area contributed by atoms with Crippen LogP contribution in [0.25, 0.3) is 0 Å². The molecule has 5 rings (SSSR count). The summed E-state index contributed by atoms with van der Waals surface area (Å²) in [6.45, 7) is 6.07. The molecule has 2 aliphatic heterocycles. The van der Waals surface area contributed by atoms with Crippen molar-refractivity contribution in [1.29, 1.82) is 5.26 Å². The number of fused-ring (bicyclic) bond motifs is 1. The quantitative estimate of drug-likeness (QED) is 0.316. The molecule has 2 aromatic rings. The molecule has 262 valence electrons. The van der Waals surface area contributed by atoms with Crippen LogP contribution in [0.1, 0.15) is 67.5 Å². The highest BCUT2D eigenvalue weighted by Gasteiger charge is 2.44. The number of anilines is 2. The summed E-state index contributed by atoms with van der Waals surface area (Å²) < 4.78 is 93.5. The Labute approximate surface area is 276 Å². The van der Waals surface area contributed by atoms with Gasteiger partial charge in [0.1, 0.15) is 24.4 Å². The highest BCUT2D eigenvalue weighted by Crippen LogP contribution is 2.47. The zero-order valence-corrected chi connectivity index (χ0v) is 27.7. The lowest BCUT2D eigenvalue weighted by molar-refractivity contribution is -0.144. The number of ether oxygens (including phenoxy) is 1. The number of rotatable bonds is 7. The van der Waals surface area contributed by atoms with Crippen molar-refractivity contribution in [3.8, 4) is 12.1 Å². The van der Waals surface area contributed by atoms with Crippen molar-refractivity contribution < 1.29 is 35.9 Å².